The minimum atomic E-state index is 0.361. The fourth-order valence-electron chi connectivity index (χ4n) is 1.87. The Kier molecular flexibility index (Phi) is 4.14. The van der Waals surface area contributed by atoms with Crippen LogP contribution in [0.25, 0.3) is 0 Å². The van der Waals surface area contributed by atoms with Gasteiger partial charge < -0.3 is 5.32 Å². The molecule has 0 aliphatic heterocycles. The maximum absolute atomic E-state index is 8.83. The molecule has 0 fully saturated rings. The summed E-state index contributed by atoms with van der Waals surface area (Å²) in [7, 11) is 0. The molecule has 2 aromatic rings. The van der Waals surface area contributed by atoms with E-state index in [9.17, 15) is 0 Å². The zero-order valence-electron chi connectivity index (χ0n) is 10.6. The summed E-state index contributed by atoms with van der Waals surface area (Å²) in [5.41, 5.74) is 3.14. The topological polar surface area (TPSA) is 35.8 Å². The quantitative estimate of drug-likeness (QED) is 0.903. The predicted molar refractivity (Wildman–Crippen MR) is 75.5 cm³/mol. The molecule has 0 aliphatic rings. The molecule has 1 aromatic heterocycles. The van der Waals surface area contributed by atoms with Crippen molar-refractivity contribution in [3.63, 3.8) is 0 Å². The number of thiophene rings is 1. The maximum Gasteiger partial charge on any atom is 0.0991 e. The Balaban J connectivity index is 2.00. The van der Waals surface area contributed by atoms with Crippen molar-refractivity contribution in [2.45, 2.75) is 26.4 Å². The minimum Gasteiger partial charge on any atom is -0.305 e. The minimum absolute atomic E-state index is 0.361. The summed E-state index contributed by atoms with van der Waals surface area (Å²) in [4.78, 5) is 1.35. The summed E-state index contributed by atoms with van der Waals surface area (Å²) < 4.78 is 0. The van der Waals surface area contributed by atoms with Gasteiger partial charge in [0.05, 0.1) is 11.6 Å². The van der Waals surface area contributed by atoms with Crippen LogP contribution in [0.1, 0.15) is 34.5 Å². The molecule has 92 valence electrons. The molecule has 2 rings (SSSR count). The molecule has 0 spiro atoms. The molecular formula is C15H16N2S. The molecule has 0 unspecified atom stereocenters. The molecule has 0 saturated carbocycles. The molecule has 0 radical (unpaired) electrons. The van der Waals surface area contributed by atoms with Gasteiger partial charge in [-0.05, 0) is 48.6 Å². The SMILES string of the molecule is Cc1cc(C#N)ccc1CN[C@@H](C)c1cccs1. The highest BCUT2D eigenvalue weighted by Gasteiger charge is 2.06. The van der Waals surface area contributed by atoms with Gasteiger partial charge in [0, 0.05) is 17.5 Å². The van der Waals surface area contributed by atoms with E-state index in [4.69, 9.17) is 5.26 Å². The Hall–Kier alpha value is -1.63. The fraction of sp³-hybridized carbons (Fsp3) is 0.267. The number of rotatable bonds is 4. The molecule has 3 heteroatoms. The van der Waals surface area contributed by atoms with Gasteiger partial charge in [0.2, 0.25) is 0 Å². The molecule has 0 bridgehead atoms. The van der Waals surface area contributed by atoms with Gasteiger partial charge in [0.15, 0.2) is 0 Å². The lowest BCUT2D eigenvalue weighted by Gasteiger charge is -2.13. The van der Waals surface area contributed by atoms with Gasteiger partial charge in [-0.2, -0.15) is 5.26 Å². The van der Waals surface area contributed by atoms with Gasteiger partial charge in [-0.3, -0.25) is 0 Å². The van der Waals surface area contributed by atoms with Crippen molar-refractivity contribution in [2.24, 2.45) is 0 Å². The van der Waals surface area contributed by atoms with E-state index < -0.39 is 0 Å². The summed E-state index contributed by atoms with van der Waals surface area (Å²) in [5.74, 6) is 0. The van der Waals surface area contributed by atoms with Crippen LogP contribution in [0.15, 0.2) is 35.7 Å². The lowest BCUT2D eigenvalue weighted by molar-refractivity contribution is 0.581. The van der Waals surface area contributed by atoms with Crippen LogP contribution in [0.3, 0.4) is 0 Å². The lowest BCUT2D eigenvalue weighted by atomic mass is 10.1. The molecule has 0 aliphatic carbocycles. The van der Waals surface area contributed by atoms with E-state index in [1.807, 2.05) is 25.1 Å². The average molecular weight is 256 g/mol. The summed E-state index contributed by atoms with van der Waals surface area (Å²) in [6, 6.07) is 12.6. The van der Waals surface area contributed by atoms with Gasteiger partial charge in [0.25, 0.3) is 0 Å². The first-order valence-corrected chi connectivity index (χ1v) is 6.85. The Morgan fingerprint density at radius 2 is 2.22 bits per heavy atom. The normalized spacial score (nSPS) is 12.1. The van der Waals surface area contributed by atoms with Gasteiger partial charge in [-0.25, -0.2) is 0 Å². The zero-order chi connectivity index (χ0) is 13.0. The van der Waals surface area contributed by atoms with Crippen LogP contribution in [-0.4, -0.2) is 0 Å². The van der Waals surface area contributed by atoms with Crippen molar-refractivity contribution in [3.05, 3.63) is 57.3 Å². The van der Waals surface area contributed by atoms with Crippen molar-refractivity contribution in [3.8, 4) is 6.07 Å². The third-order valence-corrected chi connectivity index (χ3v) is 4.10. The van der Waals surface area contributed by atoms with Crippen molar-refractivity contribution in [1.29, 1.82) is 5.26 Å². The van der Waals surface area contributed by atoms with Crippen LogP contribution >= 0.6 is 11.3 Å². The molecule has 1 heterocycles. The van der Waals surface area contributed by atoms with E-state index >= 15 is 0 Å². The molecule has 0 saturated heterocycles. The number of nitriles is 1. The van der Waals surface area contributed by atoms with Crippen LogP contribution in [0.4, 0.5) is 0 Å². The molecule has 1 atom stereocenters. The first-order valence-electron chi connectivity index (χ1n) is 5.97. The van der Waals surface area contributed by atoms with Crippen LogP contribution < -0.4 is 5.32 Å². The first-order chi connectivity index (χ1) is 8.70. The smallest absolute Gasteiger partial charge is 0.0991 e. The second kappa shape index (κ2) is 5.81. The summed E-state index contributed by atoms with van der Waals surface area (Å²) in [6.45, 7) is 5.05. The highest BCUT2D eigenvalue weighted by atomic mass is 32.1. The predicted octanol–water partition coefficient (Wildman–Crippen LogP) is 3.78. The van der Waals surface area contributed by atoms with Crippen molar-refractivity contribution >= 4 is 11.3 Å². The number of nitrogens with zero attached hydrogens (tertiary/aromatic N) is 1. The molecule has 2 nitrogen and oxygen atoms in total. The van der Waals surface area contributed by atoms with E-state index in [-0.39, 0.29) is 0 Å². The molecule has 1 aromatic carbocycles. The molecule has 0 amide bonds. The van der Waals surface area contributed by atoms with E-state index in [1.54, 1.807) is 11.3 Å². The van der Waals surface area contributed by atoms with E-state index in [1.165, 1.54) is 16.0 Å². The zero-order valence-corrected chi connectivity index (χ0v) is 11.4. The number of hydrogen-bond acceptors (Lipinski definition) is 3. The van der Waals surface area contributed by atoms with Crippen molar-refractivity contribution in [2.75, 3.05) is 0 Å². The van der Waals surface area contributed by atoms with Gasteiger partial charge in [-0.1, -0.05) is 12.1 Å². The van der Waals surface area contributed by atoms with E-state index in [2.05, 4.69) is 35.8 Å². The Morgan fingerprint density at radius 1 is 1.39 bits per heavy atom. The highest BCUT2D eigenvalue weighted by Crippen LogP contribution is 2.19. The second-order valence-electron chi connectivity index (χ2n) is 4.37. The largest absolute Gasteiger partial charge is 0.305 e. The van der Waals surface area contributed by atoms with E-state index in [0.29, 0.717) is 6.04 Å². The monoisotopic (exact) mass is 256 g/mol. The van der Waals surface area contributed by atoms with Crippen LogP contribution in [0.5, 0.6) is 0 Å². The van der Waals surface area contributed by atoms with Crippen LogP contribution in [-0.2, 0) is 6.54 Å². The van der Waals surface area contributed by atoms with E-state index in [0.717, 1.165) is 12.1 Å². The number of hydrogen-bond donors (Lipinski definition) is 1. The number of aryl methyl sites for hydroxylation is 1. The standard InChI is InChI=1S/C15H16N2S/c1-11-8-13(9-16)5-6-14(11)10-17-12(2)15-4-3-7-18-15/h3-8,12,17H,10H2,1-2H3/t12-/m0/s1. The Morgan fingerprint density at radius 3 is 2.83 bits per heavy atom. The Bertz CT molecular complexity index is 552. The molecule has 1 N–H and O–H groups in total. The summed E-state index contributed by atoms with van der Waals surface area (Å²) in [5, 5.41) is 14.4. The molecule has 18 heavy (non-hydrogen) atoms. The van der Waals surface area contributed by atoms with Gasteiger partial charge in [-0.15, -0.1) is 11.3 Å². The third kappa shape index (κ3) is 2.98. The molecular weight excluding hydrogens is 240 g/mol. The van der Waals surface area contributed by atoms with Gasteiger partial charge >= 0.3 is 0 Å². The maximum atomic E-state index is 8.83. The lowest BCUT2D eigenvalue weighted by Crippen LogP contribution is -2.17. The Labute approximate surface area is 112 Å². The highest BCUT2D eigenvalue weighted by molar-refractivity contribution is 7.10. The second-order valence-corrected chi connectivity index (χ2v) is 5.35. The third-order valence-electron chi connectivity index (χ3n) is 3.04. The summed E-state index contributed by atoms with van der Waals surface area (Å²) >= 11 is 1.77. The first kappa shape index (κ1) is 12.8. The summed E-state index contributed by atoms with van der Waals surface area (Å²) in [6.07, 6.45) is 0. The van der Waals surface area contributed by atoms with Crippen molar-refractivity contribution < 1.29 is 0 Å². The van der Waals surface area contributed by atoms with Crippen molar-refractivity contribution in [1.82, 2.24) is 5.32 Å². The van der Waals surface area contributed by atoms with Gasteiger partial charge in [0.1, 0.15) is 0 Å². The average Bonchev–Trinajstić information content (AvgIpc) is 2.90. The number of benzene rings is 1. The number of nitrogens with one attached hydrogen (secondary N) is 1. The fourth-order valence-corrected chi connectivity index (χ4v) is 2.62. The van der Waals surface area contributed by atoms with Crippen LogP contribution in [0.2, 0.25) is 0 Å². The van der Waals surface area contributed by atoms with Crippen LogP contribution in [0, 0.1) is 18.3 Å².